The number of amides is 3. The predicted molar refractivity (Wildman–Crippen MR) is 127 cm³/mol. The van der Waals surface area contributed by atoms with Crippen LogP contribution in [-0.2, 0) is 11.2 Å². The van der Waals surface area contributed by atoms with Gasteiger partial charge >= 0.3 is 0 Å². The number of methoxy groups -OCH3 is 1. The summed E-state index contributed by atoms with van der Waals surface area (Å²) in [6.45, 7) is -3.73. The summed E-state index contributed by atoms with van der Waals surface area (Å²) in [4.78, 5) is 40.3. The Morgan fingerprint density at radius 3 is 2.44 bits per heavy atom. The molecule has 0 atom stereocenters. The molecule has 34 heavy (non-hydrogen) atoms. The van der Waals surface area contributed by atoms with Crippen LogP contribution in [-0.4, -0.2) is 47.6 Å². The van der Waals surface area contributed by atoms with Crippen LogP contribution in [0.5, 0.6) is 5.75 Å². The van der Waals surface area contributed by atoms with E-state index in [0.717, 1.165) is 4.68 Å². The fraction of sp³-hybridized carbons (Fsp3) is 0.280. The van der Waals surface area contributed by atoms with Gasteiger partial charge in [0.2, 0.25) is 5.91 Å². The number of carbonyl (C=O) groups is 3. The first kappa shape index (κ1) is 11.3. The van der Waals surface area contributed by atoms with E-state index in [4.69, 9.17) is 28.3 Å². The van der Waals surface area contributed by atoms with Gasteiger partial charge in [0.05, 0.1) is 25.1 Å². The SMILES string of the molecule is [2H]c1c([2H])c(N2C(=O)c3c(c(C(N)=O)nn3-c3ccc(OC([2H])([2H])[2H])cc3)CC2([2H])[2H])c([2H])c([2H])c1N1CC([2H])([2H])C([2H])([2H])CC1=O. The molecule has 0 saturated carbocycles. The number of rotatable bonds is 5. The quantitative estimate of drug-likeness (QED) is 0.614. The Balaban J connectivity index is 1.65. The predicted octanol–water partition coefficient (Wildman–Crippen LogP) is 2.70. The van der Waals surface area contributed by atoms with Gasteiger partial charge in [0.15, 0.2) is 5.69 Å². The first-order valence-corrected chi connectivity index (χ1v) is 9.95. The molecule has 3 heterocycles. The molecule has 174 valence electrons. The van der Waals surface area contributed by atoms with E-state index in [1.54, 1.807) is 0 Å². The van der Waals surface area contributed by atoms with Crippen molar-refractivity contribution in [3.63, 3.8) is 0 Å². The van der Waals surface area contributed by atoms with Crippen LogP contribution in [0.15, 0.2) is 48.4 Å². The van der Waals surface area contributed by atoms with Crippen LogP contribution in [0.3, 0.4) is 0 Å². The molecule has 0 aliphatic carbocycles. The highest BCUT2D eigenvalue weighted by atomic mass is 16.5. The average molecular weight is 473 g/mol. The van der Waals surface area contributed by atoms with Gasteiger partial charge in [-0.2, -0.15) is 5.10 Å². The molecule has 5 rings (SSSR count). The summed E-state index contributed by atoms with van der Waals surface area (Å²) in [7, 11) is -2.76. The maximum absolute atomic E-state index is 14.2. The first-order chi connectivity index (χ1) is 21.5. The second-order valence-electron chi connectivity index (χ2n) is 7.23. The van der Waals surface area contributed by atoms with E-state index < -0.39 is 110 Å². The number of fused-ring (bicyclic) bond motifs is 1. The van der Waals surface area contributed by atoms with Crippen molar-refractivity contribution in [3.05, 3.63) is 65.4 Å². The molecule has 9 heteroatoms. The zero-order valence-electron chi connectivity index (χ0n) is 30.4. The smallest absolute Gasteiger partial charge is 0.277 e. The Bertz CT molecular complexity index is 1810. The summed E-state index contributed by atoms with van der Waals surface area (Å²) in [5.74, 6) is -3.44. The number of anilines is 2. The highest BCUT2D eigenvalue weighted by Crippen LogP contribution is 2.31. The number of hydrogen-bond acceptors (Lipinski definition) is 5. The van der Waals surface area contributed by atoms with Crippen LogP contribution in [0.2, 0.25) is 0 Å². The molecule has 1 aromatic heterocycles. The van der Waals surface area contributed by atoms with Crippen molar-refractivity contribution in [1.29, 1.82) is 0 Å². The monoisotopic (exact) mass is 472 g/mol. The Morgan fingerprint density at radius 2 is 1.76 bits per heavy atom. The lowest BCUT2D eigenvalue weighted by atomic mass is 10.0. The van der Waals surface area contributed by atoms with E-state index in [0.29, 0.717) is 9.80 Å². The molecule has 3 amide bonds. The van der Waals surface area contributed by atoms with Gasteiger partial charge in [-0.15, -0.1) is 0 Å². The number of hydrogen-bond donors (Lipinski definition) is 1. The number of nitrogens with two attached hydrogens (primary N) is 1. The maximum Gasteiger partial charge on any atom is 0.277 e. The van der Waals surface area contributed by atoms with Gasteiger partial charge in [0.25, 0.3) is 11.8 Å². The molecular weight excluding hydrogens is 434 g/mol. The third-order valence-corrected chi connectivity index (χ3v) is 5.23. The van der Waals surface area contributed by atoms with Crippen LogP contribution in [0, 0.1) is 0 Å². The second-order valence-corrected chi connectivity index (χ2v) is 7.23. The third kappa shape index (κ3) is 3.68. The Hall–Kier alpha value is -4.14. The average Bonchev–Trinajstić information content (AvgIpc) is 3.30. The number of benzene rings is 2. The highest BCUT2D eigenvalue weighted by molar-refractivity contribution is 6.09. The fourth-order valence-corrected chi connectivity index (χ4v) is 3.60. The summed E-state index contributed by atoms with van der Waals surface area (Å²) in [6.07, 6.45) is -6.91. The Labute approximate surface area is 215 Å². The number of carbonyl (C=O) groups excluding carboxylic acids is 3. The lowest BCUT2D eigenvalue weighted by Gasteiger charge is -2.29. The van der Waals surface area contributed by atoms with Crippen LogP contribution in [0.25, 0.3) is 5.69 Å². The van der Waals surface area contributed by atoms with Gasteiger partial charge in [-0.3, -0.25) is 14.4 Å². The second kappa shape index (κ2) is 8.66. The Kier molecular flexibility index (Phi) is 2.88. The van der Waals surface area contributed by atoms with Crippen molar-refractivity contribution in [2.75, 3.05) is 29.9 Å². The molecule has 0 bridgehead atoms. The number of piperidine rings is 1. The minimum absolute atomic E-state index is 0.0747. The summed E-state index contributed by atoms with van der Waals surface area (Å²) in [5.41, 5.74) is 2.96. The van der Waals surface area contributed by atoms with Crippen LogP contribution in [0.1, 0.15) is 63.5 Å². The van der Waals surface area contributed by atoms with Crippen molar-refractivity contribution < 1.29 is 36.9 Å². The first-order valence-electron chi connectivity index (χ1n) is 16.5. The molecular formula is C25H25N5O4. The summed E-state index contributed by atoms with van der Waals surface area (Å²) in [6, 6.07) is 1.30. The van der Waals surface area contributed by atoms with Gasteiger partial charge in [0.1, 0.15) is 11.4 Å². The van der Waals surface area contributed by atoms with E-state index in [-0.39, 0.29) is 17.0 Å². The normalized spacial score (nSPS) is 26.3. The fourth-order valence-electron chi connectivity index (χ4n) is 3.60. The van der Waals surface area contributed by atoms with Gasteiger partial charge in [-0.25, -0.2) is 4.68 Å². The maximum atomic E-state index is 14.2. The molecule has 2 aliphatic heterocycles. The molecule has 1 fully saturated rings. The van der Waals surface area contributed by atoms with Crippen molar-refractivity contribution in [3.8, 4) is 11.4 Å². The van der Waals surface area contributed by atoms with Crippen molar-refractivity contribution in [2.45, 2.75) is 25.6 Å². The summed E-state index contributed by atoms with van der Waals surface area (Å²) >= 11 is 0. The lowest BCUT2D eigenvalue weighted by molar-refractivity contribution is -0.119. The molecule has 2 aromatic carbocycles. The van der Waals surface area contributed by atoms with Crippen LogP contribution < -0.4 is 20.3 Å². The highest BCUT2D eigenvalue weighted by Gasteiger charge is 2.34. The lowest BCUT2D eigenvalue weighted by Crippen LogP contribution is -2.39. The molecule has 1 saturated heterocycles. The zero-order valence-corrected chi connectivity index (χ0v) is 17.4. The van der Waals surface area contributed by atoms with Crippen molar-refractivity contribution >= 4 is 29.1 Å². The number of primary amides is 1. The molecule has 3 aromatic rings. The molecule has 0 spiro atoms. The summed E-state index contributed by atoms with van der Waals surface area (Å²) < 4.78 is 112. The van der Waals surface area contributed by atoms with Crippen molar-refractivity contribution in [2.24, 2.45) is 5.73 Å². The molecule has 2 N–H and O–H groups in total. The topological polar surface area (TPSA) is 111 Å². The van der Waals surface area contributed by atoms with Gasteiger partial charge < -0.3 is 20.3 Å². The van der Waals surface area contributed by atoms with Crippen LogP contribution in [0.4, 0.5) is 11.4 Å². The Morgan fingerprint density at radius 1 is 1.06 bits per heavy atom. The van der Waals surface area contributed by atoms with E-state index in [1.807, 2.05) is 0 Å². The van der Waals surface area contributed by atoms with Gasteiger partial charge in [-0.1, -0.05) is 0 Å². The van der Waals surface area contributed by atoms with Crippen LogP contribution >= 0.6 is 0 Å². The standard InChI is InChI=1S/C25H25N5O4/c1-34-19-11-9-18(10-12-19)30-23-20(22(27-30)24(26)32)13-15-29(25(23)33)17-7-5-16(6-8-17)28-14-3-2-4-21(28)31/h5-12H,2-4,13-15H2,1H3,(H2,26,32)/i1D3,2D2,3D2,5D,6D,7D,8D,15D2. The largest absolute Gasteiger partial charge is 0.497 e. The van der Waals surface area contributed by atoms with E-state index in [2.05, 4.69) is 5.10 Å². The third-order valence-electron chi connectivity index (χ3n) is 5.23. The molecule has 0 unspecified atom stereocenters. The number of aromatic nitrogens is 2. The molecule has 0 radical (unpaired) electrons. The van der Waals surface area contributed by atoms with Gasteiger partial charge in [0, 0.05) is 41.9 Å². The van der Waals surface area contributed by atoms with E-state index in [9.17, 15) is 14.4 Å². The number of ether oxygens (including phenoxy) is 1. The number of nitrogens with zero attached hydrogens (tertiary/aromatic N) is 4. The van der Waals surface area contributed by atoms with Gasteiger partial charge in [-0.05, 0) is 67.6 Å². The minimum atomic E-state index is -2.79. The molecule has 2 aliphatic rings. The van der Waals surface area contributed by atoms with Crippen molar-refractivity contribution in [1.82, 2.24) is 9.78 Å². The minimum Gasteiger partial charge on any atom is -0.497 e. The zero-order chi connectivity index (χ0) is 35.2. The van der Waals surface area contributed by atoms with E-state index >= 15 is 0 Å². The summed E-state index contributed by atoms with van der Waals surface area (Å²) in [5, 5.41) is 4.10. The molecule has 9 nitrogen and oxygen atoms in total. The van der Waals surface area contributed by atoms with E-state index in [1.165, 1.54) is 24.3 Å².